The maximum atomic E-state index is 10.2. The van der Waals surface area contributed by atoms with Gasteiger partial charge in [0.25, 0.3) is 0 Å². The molecule has 2 unspecified atom stereocenters. The highest BCUT2D eigenvalue weighted by Gasteiger charge is 2.18. The van der Waals surface area contributed by atoms with E-state index in [1.165, 1.54) is 12.0 Å². The van der Waals surface area contributed by atoms with Gasteiger partial charge in [0.2, 0.25) is 0 Å². The lowest BCUT2D eigenvalue weighted by atomic mass is 10.1. The maximum absolute atomic E-state index is 10.2. The highest BCUT2D eigenvalue weighted by Crippen LogP contribution is 2.17. The molecule has 0 aliphatic carbocycles. The highest BCUT2D eigenvalue weighted by atomic mass is 32.1. The molecule has 4 nitrogen and oxygen atoms in total. The number of likely N-dealkylation sites (N-methyl/N-ethyl adjacent to an activating group) is 1. The van der Waals surface area contributed by atoms with Crippen LogP contribution in [0.15, 0.2) is 41.9 Å². The Balaban J connectivity index is 0.000000188. The van der Waals surface area contributed by atoms with Crippen molar-refractivity contribution in [1.29, 1.82) is 0 Å². The molecule has 22 heavy (non-hydrogen) atoms. The predicted molar refractivity (Wildman–Crippen MR) is 90.9 cm³/mol. The molecule has 1 fully saturated rings. The molecule has 1 aliphatic rings. The Hall–Kier alpha value is -1.56. The van der Waals surface area contributed by atoms with Crippen LogP contribution in [0.25, 0.3) is 0 Å². The van der Waals surface area contributed by atoms with Crippen LogP contribution in [0.5, 0.6) is 0 Å². The Morgan fingerprint density at radius 3 is 2.73 bits per heavy atom. The van der Waals surface area contributed by atoms with Crippen LogP contribution < -0.4 is 5.73 Å². The molecule has 2 heterocycles. The molecule has 0 amide bonds. The summed E-state index contributed by atoms with van der Waals surface area (Å²) in [6.45, 7) is 1.09. The zero-order valence-electron chi connectivity index (χ0n) is 12.9. The summed E-state index contributed by atoms with van der Waals surface area (Å²) in [4.78, 5) is 16.5. The molecule has 1 saturated heterocycles. The lowest BCUT2D eigenvalue weighted by molar-refractivity contribution is -0.111. The second kappa shape index (κ2) is 8.78. The quantitative estimate of drug-likeness (QED) is 0.881. The fourth-order valence-electron chi connectivity index (χ4n) is 2.48. The molecule has 118 valence electrons. The highest BCUT2D eigenvalue weighted by molar-refractivity contribution is 7.09. The number of likely N-dealkylation sites (tertiary alicyclic amines) is 1. The number of hydrogen-bond donors (Lipinski definition) is 1. The minimum absolute atomic E-state index is 0.0254. The van der Waals surface area contributed by atoms with Crippen LogP contribution >= 0.6 is 11.3 Å². The van der Waals surface area contributed by atoms with Crippen LogP contribution in [0, 0.1) is 0 Å². The van der Waals surface area contributed by atoms with Crippen LogP contribution in [0.3, 0.4) is 0 Å². The number of hydrogen-bond acceptors (Lipinski definition) is 5. The van der Waals surface area contributed by atoms with Crippen LogP contribution in [-0.2, 0) is 11.2 Å². The molecule has 1 aromatic heterocycles. The second-order valence-electron chi connectivity index (χ2n) is 5.49. The molecule has 0 radical (unpaired) electrons. The molecule has 0 saturated carbocycles. The first-order valence-corrected chi connectivity index (χ1v) is 8.43. The summed E-state index contributed by atoms with van der Waals surface area (Å²) in [5, 5.41) is 2.97. The van der Waals surface area contributed by atoms with Gasteiger partial charge >= 0.3 is 0 Å². The van der Waals surface area contributed by atoms with Crippen LogP contribution in [0.1, 0.15) is 29.5 Å². The predicted octanol–water partition coefficient (Wildman–Crippen LogP) is 2.67. The van der Waals surface area contributed by atoms with Gasteiger partial charge in [0.15, 0.2) is 0 Å². The van der Waals surface area contributed by atoms with E-state index in [0.29, 0.717) is 0 Å². The van der Waals surface area contributed by atoms with Crippen molar-refractivity contribution >= 4 is 17.6 Å². The Morgan fingerprint density at radius 1 is 1.45 bits per heavy atom. The maximum Gasteiger partial charge on any atom is 0.137 e. The molecule has 0 spiro atoms. The molecule has 1 aromatic carbocycles. The third kappa shape index (κ3) is 5.02. The monoisotopic (exact) mass is 317 g/mol. The molecule has 0 bridgehead atoms. The lowest BCUT2D eigenvalue weighted by Gasteiger charge is -2.10. The molecular weight excluding hydrogens is 294 g/mol. The summed E-state index contributed by atoms with van der Waals surface area (Å²) < 4.78 is 0. The van der Waals surface area contributed by atoms with Crippen molar-refractivity contribution in [3.05, 3.63) is 52.5 Å². The number of carbonyl (C=O) groups is 1. The summed E-state index contributed by atoms with van der Waals surface area (Å²) in [6, 6.07) is 10.5. The van der Waals surface area contributed by atoms with Gasteiger partial charge in [-0.25, -0.2) is 4.98 Å². The van der Waals surface area contributed by atoms with Gasteiger partial charge in [-0.1, -0.05) is 30.3 Å². The van der Waals surface area contributed by atoms with Gasteiger partial charge in [0.1, 0.15) is 11.3 Å². The van der Waals surface area contributed by atoms with Gasteiger partial charge in [-0.3, -0.25) is 4.90 Å². The van der Waals surface area contributed by atoms with Crippen molar-refractivity contribution in [3.63, 3.8) is 0 Å². The van der Waals surface area contributed by atoms with E-state index in [0.717, 1.165) is 30.7 Å². The summed E-state index contributed by atoms with van der Waals surface area (Å²) in [6.07, 6.45) is 5.92. The number of benzene rings is 1. The number of aromatic nitrogens is 1. The van der Waals surface area contributed by atoms with E-state index in [1.807, 2.05) is 30.6 Å². The Bertz CT molecular complexity index is 544. The minimum Gasteiger partial charge on any atom is -0.322 e. The number of nitrogens with two attached hydrogens (primary N) is 1. The van der Waals surface area contributed by atoms with E-state index in [1.54, 1.807) is 17.5 Å². The second-order valence-corrected chi connectivity index (χ2v) is 6.42. The van der Waals surface area contributed by atoms with Crippen molar-refractivity contribution in [1.82, 2.24) is 9.88 Å². The van der Waals surface area contributed by atoms with Crippen molar-refractivity contribution in [2.45, 2.75) is 31.3 Å². The fraction of sp³-hybridized carbons (Fsp3) is 0.412. The van der Waals surface area contributed by atoms with Gasteiger partial charge < -0.3 is 10.5 Å². The van der Waals surface area contributed by atoms with E-state index >= 15 is 0 Å². The number of carbonyl (C=O) groups excluding carboxylic acids is 1. The summed E-state index contributed by atoms with van der Waals surface area (Å²) >= 11 is 1.61. The van der Waals surface area contributed by atoms with E-state index < -0.39 is 0 Å². The fourth-order valence-corrected chi connectivity index (χ4v) is 3.12. The smallest absolute Gasteiger partial charge is 0.137 e. The molecule has 2 aromatic rings. The van der Waals surface area contributed by atoms with Crippen LogP contribution in [0.2, 0.25) is 0 Å². The summed E-state index contributed by atoms with van der Waals surface area (Å²) in [5.74, 6) is 0. The van der Waals surface area contributed by atoms with E-state index in [2.05, 4.69) is 22.0 Å². The topological polar surface area (TPSA) is 59.2 Å². The molecule has 5 heteroatoms. The first-order chi connectivity index (χ1) is 10.7. The first kappa shape index (κ1) is 16.8. The number of thiazole rings is 1. The van der Waals surface area contributed by atoms with E-state index in [-0.39, 0.29) is 12.1 Å². The van der Waals surface area contributed by atoms with E-state index in [4.69, 9.17) is 5.73 Å². The van der Waals surface area contributed by atoms with Crippen molar-refractivity contribution in [2.24, 2.45) is 5.73 Å². The van der Waals surface area contributed by atoms with Gasteiger partial charge in [-0.05, 0) is 38.4 Å². The average molecular weight is 317 g/mol. The van der Waals surface area contributed by atoms with Crippen LogP contribution in [-0.4, -0.2) is 35.8 Å². The van der Waals surface area contributed by atoms with Gasteiger partial charge in [0.05, 0.1) is 12.1 Å². The number of nitrogens with zero attached hydrogens (tertiary/aromatic N) is 2. The largest absolute Gasteiger partial charge is 0.322 e. The van der Waals surface area contributed by atoms with E-state index in [9.17, 15) is 4.79 Å². The van der Waals surface area contributed by atoms with Crippen molar-refractivity contribution in [3.8, 4) is 0 Å². The zero-order chi connectivity index (χ0) is 15.8. The number of aldehydes is 1. The van der Waals surface area contributed by atoms with Gasteiger partial charge in [-0.2, -0.15) is 0 Å². The van der Waals surface area contributed by atoms with Crippen LogP contribution in [0.4, 0.5) is 0 Å². The number of rotatable bonds is 4. The van der Waals surface area contributed by atoms with Gasteiger partial charge in [0, 0.05) is 11.6 Å². The third-order valence-corrected chi connectivity index (χ3v) is 4.71. The molecule has 3 rings (SSSR count). The van der Waals surface area contributed by atoms with Crippen molar-refractivity contribution < 1.29 is 4.79 Å². The lowest BCUT2D eigenvalue weighted by Crippen LogP contribution is -2.25. The Labute approximate surface area is 136 Å². The standard InChI is InChI=1S/C11H12N2S.C6H11NO/c12-10(11-13-6-7-14-11)8-9-4-2-1-3-5-9;1-7-4-2-3-6(7)5-8/h1-7,10H,8,12H2;5-6H,2-4H2,1H3. The molecular formula is C17H23N3OS. The summed E-state index contributed by atoms with van der Waals surface area (Å²) in [5.41, 5.74) is 7.28. The summed E-state index contributed by atoms with van der Waals surface area (Å²) in [7, 11) is 1.99. The normalized spacial score (nSPS) is 19.3. The van der Waals surface area contributed by atoms with Crippen molar-refractivity contribution in [2.75, 3.05) is 13.6 Å². The minimum atomic E-state index is 0.0254. The molecule has 1 aliphatic heterocycles. The molecule has 2 N–H and O–H groups in total. The molecule has 2 atom stereocenters. The Morgan fingerprint density at radius 2 is 2.23 bits per heavy atom. The first-order valence-electron chi connectivity index (χ1n) is 7.55. The SMILES string of the molecule is CN1CCCC1C=O.NC(Cc1ccccc1)c1nccs1. The van der Waals surface area contributed by atoms with Gasteiger partial charge in [-0.15, -0.1) is 11.3 Å². The zero-order valence-corrected chi connectivity index (χ0v) is 13.7. The average Bonchev–Trinajstić information content (AvgIpc) is 3.20. The Kier molecular flexibility index (Phi) is 6.71. The third-order valence-electron chi connectivity index (χ3n) is 3.80.